The monoisotopic (exact) mass is 529 g/mol. The maximum absolute atomic E-state index is 11.5. The molecule has 204 valence electrons. The van der Waals surface area contributed by atoms with Gasteiger partial charge in [-0.05, 0) is 96.0 Å². The summed E-state index contributed by atoms with van der Waals surface area (Å²) in [6.45, 7) is 9.83. The van der Waals surface area contributed by atoms with Crippen molar-refractivity contribution in [3.63, 3.8) is 0 Å². The van der Waals surface area contributed by atoms with Gasteiger partial charge >= 0.3 is 10.3 Å². The molecule has 1 saturated carbocycles. The van der Waals surface area contributed by atoms with Crippen LogP contribution in [-0.4, -0.2) is 66.6 Å². The van der Waals surface area contributed by atoms with Crippen molar-refractivity contribution in [3.8, 4) is 0 Å². The molecule has 0 spiro atoms. The van der Waals surface area contributed by atoms with E-state index in [1.807, 2.05) is 12.3 Å². The molecule has 0 unspecified atom stereocenters. The fraction of sp³-hybridized carbons (Fsp3) is 0.679. The number of pyridine rings is 1. The fourth-order valence-electron chi connectivity index (χ4n) is 6.84. The first-order valence-corrected chi connectivity index (χ1v) is 15.5. The number of hydrogen-bond donors (Lipinski definition) is 1. The summed E-state index contributed by atoms with van der Waals surface area (Å²) < 4.78 is 30.4. The average molecular weight is 530 g/mol. The van der Waals surface area contributed by atoms with Crippen LogP contribution in [0.2, 0.25) is 0 Å². The summed E-state index contributed by atoms with van der Waals surface area (Å²) in [4.78, 5) is 10.1. The van der Waals surface area contributed by atoms with Crippen molar-refractivity contribution < 1.29 is 12.6 Å². The van der Waals surface area contributed by atoms with Gasteiger partial charge in [-0.3, -0.25) is 9.08 Å². The van der Waals surface area contributed by atoms with E-state index in [9.17, 15) is 8.42 Å². The highest BCUT2D eigenvalue weighted by molar-refractivity contribution is 7.84. The summed E-state index contributed by atoms with van der Waals surface area (Å²) in [6.07, 6.45) is 12.0. The van der Waals surface area contributed by atoms with Gasteiger partial charge in [-0.25, -0.2) is 10.1 Å². The Morgan fingerprint density at radius 3 is 2.41 bits per heavy atom. The van der Waals surface area contributed by atoms with E-state index in [0.29, 0.717) is 18.5 Å². The van der Waals surface area contributed by atoms with Gasteiger partial charge in [0, 0.05) is 55.4 Å². The number of aromatic nitrogens is 2. The quantitative estimate of drug-likeness (QED) is 0.512. The van der Waals surface area contributed by atoms with Crippen molar-refractivity contribution >= 4 is 21.3 Å². The van der Waals surface area contributed by atoms with Gasteiger partial charge in [0.1, 0.15) is 5.65 Å². The predicted molar refractivity (Wildman–Crippen MR) is 147 cm³/mol. The molecule has 0 radical (unpaired) electrons. The van der Waals surface area contributed by atoms with Crippen molar-refractivity contribution in [2.24, 2.45) is 5.14 Å². The average Bonchev–Trinajstić information content (AvgIpc) is 3.50. The van der Waals surface area contributed by atoms with Crippen LogP contribution in [-0.2, 0) is 27.5 Å². The molecule has 2 aliphatic heterocycles. The lowest BCUT2D eigenvalue weighted by molar-refractivity contribution is 0.116. The Labute approximate surface area is 222 Å². The summed E-state index contributed by atoms with van der Waals surface area (Å²) in [7, 11) is -3.97. The lowest BCUT2D eigenvalue weighted by atomic mass is 9.86. The second-order valence-corrected chi connectivity index (χ2v) is 12.5. The zero-order chi connectivity index (χ0) is 26.0. The number of likely N-dealkylation sites (tertiary alicyclic amines) is 2. The van der Waals surface area contributed by atoms with Gasteiger partial charge in [-0.2, -0.15) is 8.42 Å². The van der Waals surface area contributed by atoms with Gasteiger partial charge in [0.15, 0.2) is 0 Å². The highest BCUT2D eigenvalue weighted by Crippen LogP contribution is 2.37. The fourth-order valence-corrected chi connectivity index (χ4v) is 7.15. The molecule has 0 aromatic carbocycles. The van der Waals surface area contributed by atoms with Crippen molar-refractivity contribution in [1.82, 2.24) is 19.4 Å². The minimum absolute atomic E-state index is 0.0514. The van der Waals surface area contributed by atoms with E-state index < -0.39 is 10.3 Å². The molecule has 3 fully saturated rings. The van der Waals surface area contributed by atoms with Crippen LogP contribution in [0, 0.1) is 0 Å². The molecule has 2 saturated heterocycles. The summed E-state index contributed by atoms with van der Waals surface area (Å²) >= 11 is 0. The van der Waals surface area contributed by atoms with E-state index in [0.717, 1.165) is 56.9 Å². The molecular formula is C28H43N5O3S. The van der Waals surface area contributed by atoms with Crippen LogP contribution in [0.5, 0.6) is 0 Å². The minimum Gasteiger partial charge on any atom is -0.326 e. The first-order chi connectivity index (χ1) is 17.8. The van der Waals surface area contributed by atoms with Gasteiger partial charge in [0.2, 0.25) is 0 Å². The van der Waals surface area contributed by atoms with Crippen molar-refractivity contribution in [2.75, 3.05) is 32.8 Å². The van der Waals surface area contributed by atoms with E-state index in [1.165, 1.54) is 55.0 Å². The number of hydrogen-bond acceptors (Lipinski definition) is 6. The van der Waals surface area contributed by atoms with E-state index in [2.05, 4.69) is 34.3 Å². The third-order valence-electron chi connectivity index (χ3n) is 8.79. The Kier molecular flexibility index (Phi) is 8.36. The van der Waals surface area contributed by atoms with E-state index in [-0.39, 0.29) is 6.61 Å². The number of nitrogens with zero attached hydrogens (tertiary/aromatic N) is 4. The van der Waals surface area contributed by atoms with Crippen LogP contribution in [0.4, 0.5) is 0 Å². The number of piperidine rings is 1. The molecule has 3 aliphatic rings. The molecule has 1 aliphatic carbocycles. The van der Waals surface area contributed by atoms with Crippen LogP contribution in [0.3, 0.4) is 0 Å². The van der Waals surface area contributed by atoms with Crippen LogP contribution in [0.15, 0.2) is 29.5 Å². The van der Waals surface area contributed by atoms with Gasteiger partial charge in [-0.1, -0.05) is 11.1 Å². The molecule has 2 aromatic rings. The summed E-state index contributed by atoms with van der Waals surface area (Å²) in [5.74, 6) is 0. The third kappa shape index (κ3) is 6.28. The van der Waals surface area contributed by atoms with Crippen LogP contribution < -0.4 is 5.14 Å². The van der Waals surface area contributed by atoms with Gasteiger partial charge in [0.25, 0.3) is 0 Å². The Morgan fingerprint density at radius 2 is 1.76 bits per heavy atom. The second kappa shape index (κ2) is 11.5. The SMILES string of the molecule is CC(C)=C1CCC(N2CCC(n3c(CCOS(N)(=O)=O)c(CN4CCCC4)c4cccnc43)CC2)CC1. The van der Waals surface area contributed by atoms with Crippen molar-refractivity contribution in [1.29, 1.82) is 0 Å². The maximum Gasteiger partial charge on any atom is 0.333 e. The van der Waals surface area contributed by atoms with Gasteiger partial charge in [-0.15, -0.1) is 0 Å². The Hall–Kier alpha value is -1.78. The number of fused-ring (bicyclic) bond motifs is 1. The molecule has 8 nitrogen and oxygen atoms in total. The Bertz CT molecular complexity index is 1210. The van der Waals surface area contributed by atoms with Crippen molar-refractivity contribution in [3.05, 3.63) is 40.7 Å². The Balaban J connectivity index is 1.38. The first-order valence-electron chi connectivity index (χ1n) is 14.1. The van der Waals surface area contributed by atoms with Gasteiger partial charge in [0.05, 0.1) is 6.61 Å². The van der Waals surface area contributed by atoms with Crippen molar-refractivity contribution in [2.45, 2.75) is 90.3 Å². The highest BCUT2D eigenvalue weighted by atomic mass is 32.2. The lowest BCUT2D eigenvalue weighted by Gasteiger charge is -2.40. The minimum atomic E-state index is -3.97. The van der Waals surface area contributed by atoms with Crippen LogP contribution in [0.1, 0.15) is 82.5 Å². The number of nitrogens with two attached hydrogens (primary N) is 1. The Morgan fingerprint density at radius 1 is 1.05 bits per heavy atom. The van der Waals surface area contributed by atoms with E-state index in [1.54, 1.807) is 5.57 Å². The number of rotatable bonds is 8. The number of allylic oxidation sites excluding steroid dienone is 2. The van der Waals surface area contributed by atoms with E-state index in [4.69, 9.17) is 14.3 Å². The molecule has 0 amide bonds. The molecule has 2 aromatic heterocycles. The maximum atomic E-state index is 11.5. The van der Waals surface area contributed by atoms with Gasteiger partial charge < -0.3 is 9.47 Å². The van der Waals surface area contributed by atoms with Crippen LogP contribution in [0.25, 0.3) is 11.0 Å². The first kappa shape index (κ1) is 26.8. The molecule has 9 heteroatoms. The molecule has 0 bridgehead atoms. The highest BCUT2D eigenvalue weighted by Gasteiger charge is 2.31. The zero-order valence-electron chi connectivity index (χ0n) is 22.5. The molecule has 0 atom stereocenters. The summed E-state index contributed by atoms with van der Waals surface area (Å²) in [5, 5.41) is 6.34. The third-order valence-corrected chi connectivity index (χ3v) is 9.29. The second-order valence-electron chi connectivity index (χ2n) is 11.3. The molecular weight excluding hydrogens is 486 g/mol. The molecule has 4 heterocycles. The smallest absolute Gasteiger partial charge is 0.326 e. The summed E-state index contributed by atoms with van der Waals surface area (Å²) in [6, 6.07) is 5.23. The standard InChI is InChI=1S/C28H43N5O3S/c1-21(2)22-7-9-23(10-8-22)32-17-11-24(12-18-32)33-27(13-19-36-37(29,34)35)26(20-31-15-3-4-16-31)25-6-5-14-30-28(25)33/h5-6,14,23-24H,3-4,7-13,15-20H2,1-2H3,(H2,29,34,35). The van der Waals surface area contributed by atoms with Crippen LogP contribution >= 0.6 is 0 Å². The lowest BCUT2D eigenvalue weighted by Crippen LogP contribution is -2.43. The topological polar surface area (TPSA) is 93.7 Å². The summed E-state index contributed by atoms with van der Waals surface area (Å²) in [5.41, 5.74) is 6.62. The normalized spacial score (nSPS) is 22.8. The largest absolute Gasteiger partial charge is 0.333 e. The van der Waals surface area contributed by atoms with E-state index >= 15 is 0 Å². The molecule has 5 rings (SSSR count). The predicted octanol–water partition coefficient (Wildman–Crippen LogP) is 4.31. The molecule has 37 heavy (non-hydrogen) atoms. The zero-order valence-corrected chi connectivity index (χ0v) is 23.3. The molecule has 2 N–H and O–H groups in total.